The number of thiocarbonyl (C=S) groups is 1. The lowest BCUT2D eigenvalue weighted by atomic mass is 10.1. The summed E-state index contributed by atoms with van der Waals surface area (Å²) in [5.74, 6) is 0.562. The molecular weight excluding hydrogens is 550 g/mol. The van der Waals surface area contributed by atoms with Crippen molar-refractivity contribution >= 4 is 84.3 Å². The van der Waals surface area contributed by atoms with Crippen LogP contribution in [0.25, 0.3) is 16.8 Å². The fraction of sp³-hybridized carbons (Fsp3) is 0.0370. The summed E-state index contributed by atoms with van der Waals surface area (Å²) in [6.45, 7) is 0.456. The van der Waals surface area contributed by atoms with E-state index in [9.17, 15) is 4.79 Å². The van der Waals surface area contributed by atoms with Gasteiger partial charge in [0.25, 0.3) is 5.91 Å². The number of carbonyl (C=O) groups excluding carboxylic acids is 1. The molecule has 3 nitrogen and oxygen atoms in total. The second-order valence-electron chi connectivity index (χ2n) is 7.61. The molecule has 7 heteroatoms. The maximum absolute atomic E-state index is 13.1. The van der Waals surface area contributed by atoms with Crippen molar-refractivity contribution in [2.75, 3.05) is 4.90 Å². The van der Waals surface area contributed by atoms with Gasteiger partial charge in [-0.3, -0.25) is 9.69 Å². The van der Waals surface area contributed by atoms with Crippen molar-refractivity contribution < 1.29 is 9.53 Å². The van der Waals surface area contributed by atoms with Crippen molar-refractivity contribution in [3.63, 3.8) is 0 Å². The Hall–Kier alpha value is -2.64. The summed E-state index contributed by atoms with van der Waals surface area (Å²) in [6, 6.07) is 27.5. The van der Waals surface area contributed by atoms with E-state index in [2.05, 4.69) is 40.2 Å². The molecule has 4 aromatic carbocycles. The van der Waals surface area contributed by atoms with Gasteiger partial charge in [0.05, 0.1) is 15.6 Å². The molecule has 0 aromatic heterocycles. The molecule has 0 aliphatic carbocycles. The molecule has 4 aromatic rings. The van der Waals surface area contributed by atoms with E-state index in [-0.39, 0.29) is 5.91 Å². The van der Waals surface area contributed by atoms with E-state index < -0.39 is 0 Å². The van der Waals surface area contributed by atoms with Crippen molar-refractivity contribution in [3.05, 3.63) is 110 Å². The number of rotatable bonds is 5. The number of hydrogen-bond acceptors (Lipinski definition) is 4. The van der Waals surface area contributed by atoms with Crippen LogP contribution in [0.1, 0.15) is 11.1 Å². The second kappa shape index (κ2) is 9.92. The van der Waals surface area contributed by atoms with Gasteiger partial charge in [-0.1, -0.05) is 90.2 Å². The number of fused-ring (bicyclic) bond motifs is 1. The van der Waals surface area contributed by atoms with E-state index in [4.69, 9.17) is 28.6 Å². The number of ether oxygens (including phenoxy) is 1. The molecular formula is C27H17BrClNO2S2. The van der Waals surface area contributed by atoms with E-state index in [0.717, 1.165) is 21.3 Å². The third-order valence-corrected chi connectivity index (χ3v) is 7.92. The second-order valence-corrected chi connectivity index (χ2v) is 10.6. The molecule has 5 rings (SSSR count). The lowest BCUT2D eigenvalue weighted by Crippen LogP contribution is -2.27. The predicted octanol–water partition coefficient (Wildman–Crippen LogP) is 8.24. The summed E-state index contributed by atoms with van der Waals surface area (Å²) in [4.78, 5) is 15.2. The normalized spacial score (nSPS) is 14.9. The van der Waals surface area contributed by atoms with Crippen LogP contribution in [-0.4, -0.2) is 10.2 Å². The van der Waals surface area contributed by atoms with E-state index >= 15 is 0 Å². The highest BCUT2D eigenvalue weighted by Gasteiger charge is 2.33. The summed E-state index contributed by atoms with van der Waals surface area (Å²) in [5, 5.41) is 2.89. The molecule has 0 radical (unpaired) electrons. The largest absolute Gasteiger partial charge is 0.489 e. The van der Waals surface area contributed by atoms with Gasteiger partial charge in [0.1, 0.15) is 12.4 Å². The van der Waals surface area contributed by atoms with Crippen molar-refractivity contribution in [3.8, 4) is 5.75 Å². The highest BCUT2D eigenvalue weighted by atomic mass is 79.9. The predicted molar refractivity (Wildman–Crippen MR) is 150 cm³/mol. The number of thioether (sulfide) groups is 1. The average Bonchev–Trinajstić information content (AvgIpc) is 3.12. The highest BCUT2D eigenvalue weighted by Crippen LogP contribution is 2.38. The van der Waals surface area contributed by atoms with Gasteiger partial charge < -0.3 is 4.74 Å². The fourth-order valence-electron chi connectivity index (χ4n) is 3.74. The molecule has 1 saturated heterocycles. The minimum absolute atomic E-state index is 0.171. The molecule has 0 atom stereocenters. The van der Waals surface area contributed by atoms with Crippen molar-refractivity contribution in [1.29, 1.82) is 0 Å². The van der Waals surface area contributed by atoms with Crippen LogP contribution >= 0.6 is 51.5 Å². The number of anilines is 1. The molecule has 1 aliphatic heterocycles. The minimum Gasteiger partial charge on any atom is -0.489 e. The Morgan fingerprint density at radius 3 is 2.65 bits per heavy atom. The van der Waals surface area contributed by atoms with Crippen LogP contribution in [0.5, 0.6) is 5.75 Å². The zero-order valence-electron chi connectivity index (χ0n) is 17.7. The Balaban J connectivity index is 1.35. The number of benzene rings is 4. The van der Waals surface area contributed by atoms with Crippen molar-refractivity contribution in [2.24, 2.45) is 0 Å². The maximum Gasteiger partial charge on any atom is 0.270 e. The molecule has 1 aliphatic rings. The molecule has 168 valence electrons. The molecule has 0 saturated carbocycles. The van der Waals surface area contributed by atoms with Gasteiger partial charge in [-0.15, -0.1) is 0 Å². The van der Waals surface area contributed by atoms with Gasteiger partial charge in [-0.2, -0.15) is 0 Å². The molecule has 34 heavy (non-hydrogen) atoms. The summed E-state index contributed by atoms with van der Waals surface area (Å²) in [5.41, 5.74) is 2.63. The first kappa shape index (κ1) is 23.1. The highest BCUT2D eigenvalue weighted by molar-refractivity contribution is 9.10. The number of amides is 1. The van der Waals surface area contributed by atoms with Crippen LogP contribution < -0.4 is 9.64 Å². The van der Waals surface area contributed by atoms with Crippen LogP contribution in [0, 0.1) is 0 Å². The van der Waals surface area contributed by atoms with Crippen LogP contribution in [0.15, 0.2) is 94.3 Å². The van der Waals surface area contributed by atoms with E-state index in [1.807, 2.05) is 54.6 Å². The summed E-state index contributed by atoms with van der Waals surface area (Å²) in [6.07, 6.45) is 1.84. The zero-order chi connectivity index (χ0) is 23.7. The third kappa shape index (κ3) is 4.77. The Kier molecular flexibility index (Phi) is 6.75. The fourth-order valence-corrected chi connectivity index (χ4v) is 5.46. The monoisotopic (exact) mass is 565 g/mol. The summed E-state index contributed by atoms with van der Waals surface area (Å²) in [7, 11) is 0. The van der Waals surface area contributed by atoms with E-state index in [0.29, 0.717) is 26.5 Å². The van der Waals surface area contributed by atoms with Gasteiger partial charge in [0.2, 0.25) is 0 Å². The summed E-state index contributed by atoms with van der Waals surface area (Å²) < 4.78 is 7.33. The van der Waals surface area contributed by atoms with Gasteiger partial charge in [0.15, 0.2) is 4.32 Å². The van der Waals surface area contributed by atoms with Gasteiger partial charge in [-0.25, -0.2) is 0 Å². The standard InChI is InChI=1S/C27H17BrClNO2S2/c28-23-12-11-20(15-24(23)29)30-26(31)25(34-27(30)33)14-17-5-3-9-21(13-17)32-16-19-8-4-7-18-6-1-2-10-22(18)19/h1-15H,16H2/b25-14+. The molecule has 0 N–H and O–H groups in total. The third-order valence-electron chi connectivity index (χ3n) is 5.39. The Morgan fingerprint density at radius 1 is 1.00 bits per heavy atom. The van der Waals surface area contributed by atoms with Crippen molar-refractivity contribution in [1.82, 2.24) is 0 Å². The van der Waals surface area contributed by atoms with Gasteiger partial charge >= 0.3 is 0 Å². The van der Waals surface area contributed by atoms with Gasteiger partial charge in [-0.05, 0) is 74.2 Å². The first-order valence-electron chi connectivity index (χ1n) is 10.4. The first-order valence-corrected chi connectivity index (χ1v) is 12.8. The summed E-state index contributed by atoms with van der Waals surface area (Å²) >= 11 is 16.3. The SMILES string of the molecule is O=C1/C(=C\c2cccc(OCc3cccc4ccccc34)c2)SC(=S)N1c1ccc(Br)c(Cl)c1. The number of hydrogen-bond donors (Lipinski definition) is 0. The number of halogens is 2. The van der Waals surface area contributed by atoms with E-state index in [1.54, 1.807) is 12.1 Å². The Labute approximate surface area is 220 Å². The van der Waals surface area contributed by atoms with E-state index in [1.165, 1.54) is 27.4 Å². The Bertz CT molecular complexity index is 1460. The van der Waals surface area contributed by atoms with Crippen LogP contribution in [-0.2, 0) is 11.4 Å². The number of nitrogens with zero attached hydrogens (tertiary/aromatic N) is 1. The van der Waals surface area contributed by atoms with Crippen molar-refractivity contribution in [2.45, 2.75) is 6.61 Å². The van der Waals surface area contributed by atoms with Crippen LogP contribution in [0.3, 0.4) is 0 Å². The van der Waals surface area contributed by atoms with Crippen LogP contribution in [0.4, 0.5) is 5.69 Å². The minimum atomic E-state index is -0.171. The molecule has 0 spiro atoms. The lowest BCUT2D eigenvalue weighted by molar-refractivity contribution is -0.113. The Morgan fingerprint density at radius 2 is 1.79 bits per heavy atom. The molecule has 1 amide bonds. The maximum atomic E-state index is 13.1. The van der Waals surface area contributed by atoms with Gasteiger partial charge in [0, 0.05) is 4.47 Å². The van der Waals surface area contributed by atoms with Crippen LogP contribution in [0.2, 0.25) is 5.02 Å². The molecule has 1 heterocycles. The number of carbonyl (C=O) groups is 1. The molecule has 0 unspecified atom stereocenters. The smallest absolute Gasteiger partial charge is 0.270 e. The molecule has 0 bridgehead atoms. The average molecular weight is 567 g/mol. The topological polar surface area (TPSA) is 29.5 Å². The lowest BCUT2D eigenvalue weighted by Gasteiger charge is -2.15. The first-order chi connectivity index (χ1) is 16.5. The zero-order valence-corrected chi connectivity index (χ0v) is 21.7. The molecule has 1 fully saturated rings. The quantitative estimate of drug-likeness (QED) is 0.180.